The van der Waals surface area contributed by atoms with Gasteiger partial charge in [-0.25, -0.2) is 14.3 Å². The number of rotatable bonds is 37. The Morgan fingerprint density at radius 1 is 0.414 bits per heavy atom. The average molecular weight is 1830 g/mol. The molecule has 0 radical (unpaired) electrons. The van der Waals surface area contributed by atoms with Gasteiger partial charge in [0.2, 0.25) is 11.6 Å². The van der Waals surface area contributed by atoms with Gasteiger partial charge in [0.25, 0.3) is 0 Å². The normalized spacial score (nSPS) is 16.1. The van der Waals surface area contributed by atoms with Gasteiger partial charge < -0.3 is 76.6 Å². The van der Waals surface area contributed by atoms with E-state index >= 15 is 0 Å². The molecular weight excluding hydrogens is 1720 g/mol. The summed E-state index contributed by atoms with van der Waals surface area (Å²) in [7, 11) is -5.75. The number of hydrogen-bond acceptors (Lipinski definition) is 38. The number of carbonyl (C=O) groups is 10. The topological polar surface area (TPSA) is 626 Å². The van der Waals surface area contributed by atoms with Gasteiger partial charge in [-0.2, -0.15) is 4.80 Å². The molecule has 10 heterocycles. The van der Waals surface area contributed by atoms with Crippen LogP contribution in [-0.4, -0.2) is 248 Å². The number of benzene rings is 5. The Morgan fingerprint density at radius 3 is 1.15 bits per heavy atom. The fourth-order valence-corrected chi connectivity index (χ4v) is 15.7. The Hall–Kier alpha value is -12.8. The number of ketones is 10. The summed E-state index contributed by atoms with van der Waals surface area (Å²) in [5.41, 5.74) is 28.3. The van der Waals surface area contributed by atoms with Crippen molar-refractivity contribution in [3.8, 4) is 28.7 Å². The molecule has 5 aromatic carbocycles. The number of Topliss-reactive ketones (excluding diaryl/α,β-unsaturated/α-hetero) is 10. The van der Waals surface area contributed by atoms with Crippen molar-refractivity contribution in [3.05, 3.63) is 188 Å². The lowest BCUT2D eigenvalue weighted by atomic mass is 9.64. The van der Waals surface area contributed by atoms with Gasteiger partial charge in [0.15, 0.2) is 52.2 Å². The molecule has 14 N–H and O–H groups in total. The average Bonchev–Trinajstić information content (AvgIpc) is 1.18. The van der Waals surface area contributed by atoms with E-state index in [1.54, 1.807) is 76.2 Å². The molecule has 5 aliphatic heterocycles. The molecule has 133 heavy (non-hydrogen) atoms. The third kappa shape index (κ3) is 27.5. The van der Waals surface area contributed by atoms with Crippen LogP contribution < -0.4 is 51.5 Å². The van der Waals surface area contributed by atoms with Crippen LogP contribution in [0, 0.1) is 0 Å². The highest BCUT2D eigenvalue weighted by Gasteiger charge is 2.44. The number of aromatic nitrogens is 18. The quantitative estimate of drug-likeness (QED) is 0.0197. The van der Waals surface area contributed by atoms with Crippen molar-refractivity contribution in [1.29, 1.82) is 0 Å². The SMILES string of the molecule is CC(=O)c1cccc2c1OB(O)[C@@H](CC(=O)Cc1nnn(CCCN)n1)C2.CC(=O)c1cccc2c1OB(O)[C@@H](CC(=O)Cc1nnnn1CCCN)C2.CC(=O)c1cccc2c1OB(O)[C@@H](CC(=O)Cc1nnnn1CCNC(C)C)C2.CC(=O)c1cccc2c1OB(O)[C@@H](CC(=O)c1cn(CCN)nn1)C2.CC(=O)c1cccc2c1OB(O)[C@@H](CC(=O)c1ncn(CCN)n1)C2. The zero-order chi connectivity index (χ0) is 95.7. The van der Waals surface area contributed by atoms with Crippen molar-refractivity contribution in [2.24, 2.45) is 22.9 Å². The lowest BCUT2D eigenvalue weighted by molar-refractivity contribution is -0.119. The van der Waals surface area contributed by atoms with Crippen LogP contribution in [0.25, 0.3) is 0 Å². The van der Waals surface area contributed by atoms with Gasteiger partial charge in [0.1, 0.15) is 58.1 Å². The van der Waals surface area contributed by atoms with E-state index in [0.29, 0.717) is 178 Å². The highest BCUT2D eigenvalue weighted by atomic mass is 16.5. The number of tetrazole rings is 3. The number of hydrogen-bond donors (Lipinski definition) is 10. The summed E-state index contributed by atoms with van der Waals surface area (Å²) < 4.78 is 34.0. The van der Waals surface area contributed by atoms with Gasteiger partial charge >= 0.3 is 35.6 Å². The minimum Gasteiger partial charge on any atom is -0.535 e. The Labute approximate surface area is 767 Å². The maximum absolute atomic E-state index is 12.6. The molecule has 0 spiro atoms. The number of para-hydroxylation sites is 5. The van der Waals surface area contributed by atoms with Crippen molar-refractivity contribution >= 4 is 93.4 Å². The van der Waals surface area contributed by atoms with E-state index in [9.17, 15) is 73.1 Å². The predicted octanol–water partition coefficient (Wildman–Crippen LogP) is 2.28. The van der Waals surface area contributed by atoms with E-state index in [1.165, 1.54) is 55.1 Å². The molecule has 43 nitrogen and oxygen atoms in total. The first kappa shape index (κ1) is 101. The van der Waals surface area contributed by atoms with Gasteiger partial charge in [-0.1, -0.05) is 79.7 Å². The fraction of sp³-hybridized carbons (Fsp3) is 0.447. The summed E-state index contributed by atoms with van der Waals surface area (Å²) >= 11 is 0. The summed E-state index contributed by atoms with van der Waals surface area (Å²) in [6.07, 6.45) is 7.48. The first-order valence-corrected chi connectivity index (χ1v) is 43.9. The second-order valence-corrected chi connectivity index (χ2v) is 33.2. The minimum atomic E-state index is -1.16. The Balaban J connectivity index is 0.000000160. The van der Waals surface area contributed by atoms with Crippen LogP contribution in [0.5, 0.6) is 28.7 Å². The summed E-state index contributed by atoms with van der Waals surface area (Å²) in [6.45, 7) is 16.6. The lowest BCUT2D eigenvalue weighted by Gasteiger charge is -2.28. The molecule has 0 aliphatic carbocycles. The fourth-order valence-electron chi connectivity index (χ4n) is 15.7. The predicted molar refractivity (Wildman–Crippen MR) is 482 cm³/mol. The van der Waals surface area contributed by atoms with E-state index in [2.05, 4.69) is 86.0 Å². The number of nitrogens with one attached hydrogen (secondary N) is 1. The van der Waals surface area contributed by atoms with Crippen LogP contribution in [0.15, 0.2) is 104 Å². The number of nitrogens with zero attached hydrogens (tertiary/aromatic N) is 18. The molecular formula is C85H108B5N23O20. The van der Waals surface area contributed by atoms with E-state index in [4.69, 9.17) is 46.2 Å². The third-order valence-corrected chi connectivity index (χ3v) is 22.5. The lowest BCUT2D eigenvalue weighted by Crippen LogP contribution is -2.36. The van der Waals surface area contributed by atoms with Crippen molar-refractivity contribution in [1.82, 2.24) is 95.7 Å². The van der Waals surface area contributed by atoms with Gasteiger partial charge in [-0.15, -0.1) is 30.6 Å². The zero-order valence-electron chi connectivity index (χ0n) is 75.1. The molecule has 5 aliphatic rings. The Morgan fingerprint density at radius 2 is 0.774 bits per heavy atom. The van der Waals surface area contributed by atoms with Crippen LogP contribution in [0.1, 0.15) is 212 Å². The van der Waals surface area contributed by atoms with E-state index in [1.807, 2.05) is 30.3 Å². The standard InChI is InChI=1S/C19H26BN5O4.2C17H22BN5O4.2C16H19BN4O4/c1-12(2)21-7-8-25-18(22-23-24-25)11-16(27)10-15-9-14-5-4-6-17(13(3)26)19(14)29-20(15)28;1-11(24)15-5-2-4-12-8-13(18(26)27-17(12)15)9-14(25)10-16-20-21-22-23(16)7-3-6-19;1-11(24)15-5-2-4-12-8-13(18(26)27-17(12)15)9-14(25)10-16-20-22-23(21-16)7-3-6-19;1-10(22)13-4-2-3-11-7-12(17(24)25-16(11)13)8-15(23)14-9-21(6-5-18)20-19-14;1-10(22)13-4-2-3-11-7-12(17(24)25-15(11)13)8-14(23)16-19-9-21(20-16)6-5-18/h4-6,12,15,21,28H,7-11H2,1-3H3;2*2,4-5,13,26H,3,6-10,19H2,1H3;2*2-4,9,12,24H,5-8,18H2,1H3/t15-;2*13-;2*12-/m11111/s1. The van der Waals surface area contributed by atoms with Gasteiger partial charge in [-0.05, 0) is 177 Å². The zero-order valence-corrected chi connectivity index (χ0v) is 75.1. The highest BCUT2D eigenvalue weighted by molar-refractivity contribution is 6.49. The smallest absolute Gasteiger partial charge is 0.526 e. The second kappa shape index (κ2) is 48.0. The minimum absolute atomic E-state index is 0.0478. The summed E-state index contributed by atoms with van der Waals surface area (Å²) in [5, 5.41) is 101. The number of aryl methyl sites for hydroxylation is 2. The second-order valence-electron chi connectivity index (χ2n) is 33.2. The third-order valence-electron chi connectivity index (χ3n) is 22.5. The van der Waals surface area contributed by atoms with Crippen molar-refractivity contribution in [2.75, 3.05) is 32.7 Å². The summed E-state index contributed by atoms with van der Waals surface area (Å²) in [4.78, 5) is 126. The summed E-state index contributed by atoms with van der Waals surface area (Å²) in [6, 6.07) is 26.8. The van der Waals surface area contributed by atoms with Crippen LogP contribution in [-0.2, 0) is 98.5 Å². The highest BCUT2D eigenvalue weighted by Crippen LogP contribution is 2.42. The van der Waals surface area contributed by atoms with Crippen molar-refractivity contribution in [3.63, 3.8) is 0 Å². The number of nitrogens with two attached hydrogens (primary N) is 4. The number of fused-ring (bicyclic) bond motifs is 5. The first-order valence-electron chi connectivity index (χ1n) is 43.9. The molecule has 0 fully saturated rings. The molecule has 10 aromatic rings. The Kier molecular flexibility index (Phi) is 36.4. The van der Waals surface area contributed by atoms with Gasteiger partial charge in [0, 0.05) is 93.4 Å². The molecule has 48 heteroatoms. The molecule has 0 saturated carbocycles. The molecule has 0 amide bonds. The van der Waals surface area contributed by atoms with Crippen LogP contribution in [0.3, 0.4) is 0 Å². The molecule has 0 bridgehead atoms. The van der Waals surface area contributed by atoms with E-state index < -0.39 is 47.2 Å². The monoisotopic (exact) mass is 1830 g/mol. The molecule has 698 valence electrons. The molecule has 0 saturated heterocycles. The largest absolute Gasteiger partial charge is 0.535 e. The maximum atomic E-state index is 12.6. The molecule has 0 unspecified atom stereocenters. The van der Waals surface area contributed by atoms with E-state index in [0.717, 1.165) is 40.7 Å². The molecule has 5 aromatic heterocycles. The number of carbonyl (C=O) groups excluding carboxylic acids is 10. The summed E-state index contributed by atoms with van der Waals surface area (Å²) in [5.74, 6) is 0.0809. The van der Waals surface area contributed by atoms with Gasteiger partial charge in [-0.3, -0.25) is 57.3 Å². The van der Waals surface area contributed by atoms with Crippen LogP contribution in [0.4, 0.5) is 0 Å². The molecule has 15 rings (SSSR count). The van der Waals surface area contributed by atoms with Crippen LogP contribution in [0.2, 0.25) is 29.1 Å². The van der Waals surface area contributed by atoms with E-state index in [-0.39, 0.29) is 138 Å². The van der Waals surface area contributed by atoms with Gasteiger partial charge in [0.05, 0.1) is 79.5 Å². The first-order chi connectivity index (χ1) is 63.8. The van der Waals surface area contributed by atoms with Crippen molar-refractivity contribution < 1.29 is 96.3 Å². The molecule has 5 atom stereocenters. The maximum Gasteiger partial charge on any atom is 0.526 e. The Bertz CT molecular complexity index is 5640. The van der Waals surface area contributed by atoms with Crippen LogP contribution >= 0.6 is 0 Å². The van der Waals surface area contributed by atoms with Crippen molar-refractivity contribution in [2.45, 2.75) is 213 Å².